The SMILES string of the molecule is O=C(c1cc(-c2ccc(F)cc2)n[nH]1)N1CCN(C(CO)c2cccc(Cl)c2)CC1. The predicted octanol–water partition coefficient (Wildman–Crippen LogP) is 3.36. The van der Waals surface area contributed by atoms with Crippen LogP contribution in [0, 0.1) is 5.82 Å². The first kappa shape index (κ1) is 20.5. The maximum Gasteiger partial charge on any atom is 0.271 e. The molecule has 2 heterocycles. The van der Waals surface area contributed by atoms with Gasteiger partial charge in [0.2, 0.25) is 0 Å². The van der Waals surface area contributed by atoms with E-state index in [0.717, 1.165) is 11.1 Å². The summed E-state index contributed by atoms with van der Waals surface area (Å²) in [6.07, 6.45) is 0. The van der Waals surface area contributed by atoms with Crippen molar-refractivity contribution < 1.29 is 14.3 Å². The molecule has 4 rings (SSSR count). The van der Waals surface area contributed by atoms with Crippen molar-refractivity contribution in [2.75, 3.05) is 32.8 Å². The van der Waals surface area contributed by atoms with Gasteiger partial charge in [-0.2, -0.15) is 5.10 Å². The predicted molar refractivity (Wildman–Crippen MR) is 113 cm³/mol. The Hall–Kier alpha value is -2.74. The Morgan fingerprint density at radius 3 is 2.53 bits per heavy atom. The minimum absolute atomic E-state index is 0.0180. The fourth-order valence-electron chi connectivity index (χ4n) is 3.75. The van der Waals surface area contributed by atoms with E-state index in [0.29, 0.717) is 42.6 Å². The Kier molecular flexibility index (Phi) is 6.13. The molecule has 1 atom stereocenters. The fourth-order valence-corrected chi connectivity index (χ4v) is 3.95. The van der Waals surface area contributed by atoms with Crippen molar-refractivity contribution in [3.8, 4) is 11.3 Å². The van der Waals surface area contributed by atoms with Crippen LogP contribution in [0.25, 0.3) is 11.3 Å². The van der Waals surface area contributed by atoms with Crippen LogP contribution in [0.2, 0.25) is 5.02 Å². The molecule has 3 aromatic rings. The summed E-state index contributed by atoms with van der Waals surface area (Å²) in [5.74, 6) is -0.443. The van der Waals surface area contributed by atoms with Gasteiger partial charge in [-0.05, 0) is 48.0 Å². The molecule has 2 N–H and O–H groups in total. The number of carbonyl (C=O) groups is 1. The number of nitrogens with zero attached hydrogens (tertiary/aromatic N) is 3. The van der Waals surface area contributed by atoms with Crippen LogP contribution >= 0.6 is 11.6 Å². The lowest BCUT2D eigenvalue weighted by Crippen LogP contribution is -2.50. The number of hydrogen-bond acceptors (Lipinski definition) is 4. The summed E-state index contributed by atoms with van der Waals surface area (Å²) in [6, 6.07) is 15.0. The van der Waals surface area contributed by atoms with Gasteiger partial charge in [-0.3, -0.25) is 14.8 Å². The molecule has 156 valence electrons. The number of carbonyl (C=O) groups excluding carboxylic acids is 1. The van der Waals surface area contributed by atoms with Crippen LogP contribution in [0.5, 0.6) is 0 Å². The molecule has 0 radical (unpaired) electrons. The van der Waals surface area contributed by atoms with Crippen molar-refractivity contribution in [3.05, 3.63) is 76.7 Å². The summed E-state index contributed by atoms with van der Waals surface area (Å²) < 4.78 is 13.1. The van der Waals surface area contributed by atoms with Gasteiger partial charge in [-0.1, -0.05) is 23.7 Å². The van der Waals surface area contributed by atoms with E-state index in [4.69, 9.17) is 11.6 Å². The third-order valence-corrected chi connectivity index (χ3v) is 5.63. The van der Waals surface area contributed by atoms with Crippen molar-refractivity contribution in [1.82, 2.24) is 20.0 Å². The van der Waals surface area contributed by atoms with Gasteiger partial charge in [0.05, 0.1) is 18.3 Å². The Balaban J connectivity index is 1.40. The van der Waals surface area contributed by atoms with Crippen LogP contribution in [0.3, 0.4) is 0 Å². The highest BCUT2D eigenvalue weighted by molar-refractivity contribution is 6.30. The topological polar surface area (TPSA) is 72.5 Å². The van der Waals surface area contributed by atoms with Crippen LogP contribution in [-0.4, -0.2) is 63.8 Å². The van der Waals surface area contributed by atoms with E-state index in [-0.39, 0.29) is 24.4 Å². The molecule has 0 saturated carbocycles. The maximum absolute atomic E-state index is 13.1. The third kappa shape index (κ3) is 4.38. The standard InChI is InChI=1S/C22H22ClFN4O2/c23-17-3-1-2-16(12-17)21(14-29)27-8-10-28(11-9-27)22(30)20-13-19(25-26-20)15-4-6-18(24)7-5-15/h1-7,12-13,21,29H,8-11,14H2,(H,25,26). The highest BCUT2D eigenvalue weighted by atomic mass is 35.5. The van der Waals surface area contributed by atoms with E-state index in [1.807, 2.05) is 18.2 Å². The molecule has 0 bridgehead atoms. The van der Waals surface area contributed by atoms with Crippen molar-refractivity contribution in [2.45, 2.75) is 6.04 Å². The van der Waals surface area contributed by atoms with Crippen LogP contribution in [0.4, 0.5) is 4.39 Å². The van der Waals surface area contributed by atoms with E-state index in [2.05, 4.69) is 15.1 Å². The molecule has 6 nitrogen and oxygen atoms in total. The monoisotopic (exact) mass is 428 g/mol. The molecule has 1 saturated heterocycles. The second-order valence-electron chi connectivity index (χ2n) is 7.26. The molecule has 0 spiro atoms. The number of aliphatic hydroxyl groups is 1. The Labute approximate surface area is 178 Å². The Bertz CT molecular complexity index is 1020. The van der Waals surface area contributed by atoms with Gasteiger partial charge < -0.3 is 10.0 Å². The van der Waals surface area contributed by atoms with Crippen molar-refractivity contribution in [3.63, 3.8) is 0 Å². The number of rotatable bonds is 5. The van der Waals surface area contributed by atoms with E-state index < -0.39 is 0 Å². The highest BCUT2D eigenvalue weighted by Gasteiger charge is 2.28. The van der Waals surface area contributed by atoms with Gasteiger partial charge in [0.15, 0.2) is 0 Å². The van der Waals surface area contributed by atoms with Crippen molar-refractivity contribution in [1.29, 1.82) is 0 Å². The van der Waals surface area contributed by atoms with Gasteiger partial charge in [0.25, 0.3) is 5.91 Å². The molecule has 1 aliphatic heterocycles. The second-order valence-corrected chi connectivity index (χ2v) is 7.69. The van der Waals surface area contributed by atoms with Crippen LogP contribution < -0.4 is 0 Å². The average molecular weight is 429 g/mol. The first-order valence-electron chi connectivity index (χ1n) is 9.76. The first-order valence-corrected chi connectivity index (χ1v) is 10.1. The summed E-state index contributed by atoms with van der Waals surface area (Å²) in [6.45, 7) is 2.35. The number of H-pyrrole nitrogens is 1. The summed E-state index contributed by atoms with van der Waals surface area (Å²) in [7, 11) is 0. The van der Waals surface area contributed by atoms with Gasteiger partial charge >= 0.3 is 0 Å². The summed E-state index contributed by atoms with van der Waals surface area (Å²) >= 11 is 6.09. The lowest BCUT2D eigenvalue weighted by Gasteiger charge is -2.38. The molecule has 1 aromatic heterocycles. The number of nitrogens with one attached hydrogen (secondary N) is 1. The van der Waals surface area contributed by atoms with Gasteiger partial charge in [0, 0.05) is 36.8 Å². The summed E-state index contributed by atoms with van der Waals surface area (Å²) in [5.41, 5.74) is 2.70. The largest absolute Gasteiger partial charge is 0.394 e. The number of aromatic amines is 1. The molecule has 1 unspecified atom stereocenters. The van der Waals surface area contributed by atoms with E-state index in [9.17, 15) is 14.3 Å². The van der Waals surface area contributed by atoms with Gasteiger partial charge in [-0.25, -0.2) is 4.39 Å². The molecular weight excluding hydrogens is 407 g/mol. The second kappa shape index (κ2) is 8.95. The Morgan fingerprint density at radius 1 is 1.13 bits per heavy atom. The minimum atomic E-state index is -0.317. The van der Waals surface area contributed by atoms with Gasteiger partial charge in [-0.15, -0.1) is 0 Å². The fraction of sp³-hybridized carbons (Fsp3) is 0.273. The smallest absolute Gasteiger partial charge is 0.271 e. The quantitative estimate of drug-likeness (QED) is 0.653. The first-order chi connectivity index (χ1) is 14.5. The number of amides is 1. The lowest BCUT2D eigenvalue weighted by molar-refractivity contribution is 0.0473. The molecule has 1 aliphatic rings. The number of benzene rings is 2. The zero-order chi connectivity index (χ0) is 21.1. The molecule has 1 fully saturated rings. The molecule has 8 heteroatoms. The number of aromatic nitrogens is 2. The van der Waals surface area contributed by atoms with Crippen LogP contribution in [0.1, 0.15) is 22.1 Å². The third-order valence-electron chi connectivity index (χ3n) is 5.40. The lowest BCUT2D eigenvalue weighted by atomic mass is 10.0. The highest BCUT2D eigenvalue weighted by Crippen LogP contribution is 2.25. The van der Waals surface area contributed by atoms with E-state index >= 15 is 0 Å². The number of halogens is 2. The molecule has 1 amide bonds. The van der Waals surface area contributed by atoms with Crippen LogP contribution in [-0.2, 0) is 0 Å². The van der Waals surface area contributed by atoms with Crippen molar-refractivity contribution >= 4 is 17.5 Å². The molecule has 0 aliphatic carbocycles. The summed E-state index contributed by atoms with van der Waals surface area (Å²) in [4.78, 5) is 16.8. The average Bonchev–Trinajstić information content (AvgIpc) is 3.25. The number of hydrogen-bond donors (Lipinski definition) is 2. The molecule has 2 aromatic carbocycles. The van der Waals surface area contributed by atoms with Crippen molar-refractivity contribution in [2.24, 2.45) is 0 Å². The Morgan fingerprint density at radius 2 is 1.87 bits per heavy atom. The minimum Gasteiger partial charge on any atom is -0.394 e. The van der Waals surface area contributed by atoms with E-state index in [1.54, 1.807) is 29.2 Å². The van der Waals surface area contributed by atoms with Crippen LogP contribution in [0.15, 0.2) is 54.6 Å². The zero-order valence-corrected chi connectivity index (χ0v) is 17.0. The maximum atomic E-state index is 13.1. The summed E-state index contributed by atoms with van der Waals surface area (Å²) in [5, 5.41) is 17.5. The van der Waals surface area contributed by atoms with E-state index in [1.165, 1.54) is 12.1 Å². The number of aliphatic hydroxyl groups excluding tert-OH is 1. The molecular formula is C22H22ClFN4O2. The zero-order valence-electron chi connectivity index (χ0n) is 16.3. The number of piperazine rings is 1. The van der Waals surface area contributed by atoms with Gasteiger partial charge in [0.1, 0.15) is 11.5 Å². The normalized spacial score (nSPS) is 15.9. The molecule has 30 heavy (non-hydrogen) atoms.